The lowest BCUT2D eigenvalue weighted by molar-refractivity contribution is 0.646. The van der Waals surface area contributed by atoms with E-state index in [0.29, 0.717) is 6.54 Å². The van der Waals surface area contributed by atoms with E-state index < -0.39 is 0 Å². The van der Waals surface area contributed by atoms with Crippen molar-refractivity contribution >= 4 is 5.69 Å². The van der Waals surface area contributed by atoms with E-state index in [1.54, 1.807) is 10.6 Å². The van der Waals surface area contributed by atoms with Crippen LogP contribution in [0.3, 0.4) is 0 Å². The molecule has 104 valence electrons. The highest BCUT2D eigenvalue weighted by Gasteiger charge is 2.27. The molecule has 1 aromatic carbocycles. The molecule has 0 radical (unpaired) electrons. The molecule has 0 bridgehead atoms. The maximum Gasteiger partial charge on any atom is 0.250 e. The molecule has 3 N–H and O–H groups in total. The molecule has 0 spiro atoms. The zero-order valence-electron chi connectivity index (χ0n) is 11.5. The predicted octanol–water partition coefficient (Wildman–Crippen LogP) is 2.42. The zero-order chi connectivity index (χ0) is 14.1. The van der Waals surface area contributed by atoms with Crippen LogP contribution in [-0.4, -0.2) is 4.57 Å². The summed E-state index contributed by atoms with van der Waals surface area (Å²) in [6.45, 7) is 2.64. The van der Waals surface area contributed by atoms with Crippen LogP contribution in [-0.2, 0) is 6.54 Å². The molecule has 1 heterocycles. The fraction of sp³-hybridized carbons (Fsp3) is 0.312. The van der Waals surface area contributed by atoms with Gasteiger partial charge in [0, 0.05) is 24.8 Å². The Labute approximate surface area is 118 Å². The SMILES string of the molecule is CCn1cc(NC2CC(N)c3ccccc32)ccc1=O. The van der Waals surface area contributed by atoms with E-state index in [0.717, 1.165) is 12.1 Å². The highest BCUT2D eigenvalue weighted by atomic mass is 16.1. The Morgan fingerprint density at radius 2 is 2.00 bits per heavy atom. The summed E-state index contributed by atoms with van der Waals surface area (Å²) in [5.74, 6) is 0. The van der Waals surface area contributed by atoms with Crippen molar-refractivity contribution in [3.8, 4) is 0 Å². The number of hydrogen-bond donors (Lipinski definition) is 2. The number of nitrogens with one attached hydrogen (secondary N) is 1. The van der Waals surface area contributed by atoms with Gasteiger partial charge in [0.15, 0.2) is 0 Å². The van der Waals surface area contributed by atoms with Gasteiger partial charge in [0.1, 0.15) is 0 Å². The Morgan fingerprint density at radius 1 is 1.25 bits per heavy atom. The van der Waals surface area contributed by atoms with Gasteiger partial charge in [-0.05, 0) is 30.5 Å². The van der Waals surface area contributed by atoms with E-state index in [-0.39, 0.29) is 17.6 Å². The first kappa shape index (κ1) is 12.9. The largest absolute Gasteiger partial charge is 0.377 e. The molecule has 1 aromatic heterocycles. The fourth-order valence-electron chi connectivity index (χ4n) is 2.88. The van der Waals surface area contributed by atoms with Gasteiger partial charge in [-0.2, -0.15) is 0 Å². The smallest absolute Gasteiger partial charge is 0.250 e. The summed E-state index contributed by atoms with van der Waals surface area (Å²) < 4.78 is 1.70. The van der Waals surface area contributed by atoms with Crippen LogP contribution in [0.4, 0.5) is 5.69 Å². The van der Waals surface area contributed by atoms with Gasteiger partial charge in [0.05, 0.1) is 11.7 Å². The molecule has 2 aromatic rings. The molecule has 2 unspecified atom stereocenters. The number of rotatable bonds is 3. The van der Waals surface area contributed by atoms with Gasteiger partial charge in [-0.15, -0.1) is 0 Å². The number of aryl methyl sites for hydroxylation is 1. The number of pyridine rings is 1. The van der Waals surface area contributed by atoms with Crippen molar-refractivity contribution in [1.82, 2.24) is 4.57 Å². The lowest BCUT2D eigenvalue weighted by atomic mass is 10.1. The maximum atomic E-state index is 11.6. The van der Waals surface area contributed by atoms with Crippen LogP contribution in [0.15, 0.2) is 47.4 Å². The highest BCUT2D eigenvalue weighted by Crippen LogP contribution is 2.38. The number of nitrogens with zero attached hydrogens (tertiary/aromatic N) is 1. The number of nitrogens with two attached hydrogens (primary N) is 1. The Hall–Kier alpha value is -2.07. The van der Waals surface area contributed by atoms with E-state index in [1.807, 2.05) is 31.3 Å². The molecule has 0 saturated carbocycles. The second-order valence-corrected chi connectivity index (χ2v) is 5.21. The zero-order valence-corrected chi connectivity index (χ0v) is 11.5. The lowest BCUT2D eigenvalue weighted by Gasteiger charge is -2.16. The van der Waals surface area contributed by atoms with Crippen molar-refractivity contribution in [2.75, 3.05) is 5.32 Å². The molecule has 3 rings (SSSR count). The van der Waals surface area contributed by atoms with E-state index >= 15 is 0 Å². The van der Waals surface area contributed by atoms with Crippen LogP contribution in [0, 0.1) is 0 Å². The van der Waals surface area contributed by atoms with Crippen LogP contribution >= 0.6 is 0 Å². The Kier molecular flexibility index (Phi) is 3.32. The molecule has 0 amide bonds. The summed E-state index contributed by atoms with van der Waals surface area (Å²) in [5.41, 5.74) is 9.64. The quantitative estimate of drug-likeness (QED) is 0.899. The van der Waals surface area contributed by atoms with E-state index in [9.17, 15) is 4.79 Å². The Balaban J connectivity index is 1.88. The number of hydrogen-bond acceptors (Lipinski definition) is 3. The third-order valence-corrected chi connectivity index (χ3v) is 3.93. The first-order chi connectivity index (χ1) is 9.69. The molecule has 1 aliphatic carbocycles. The molecule has 0 aliphatic heterocycles. The number of aromatic nitrogens is 1. The van der Waals surface area contributed by atoms with Gasteiger partial charge in [-0.25, -0.2) is 0 Å². The average Bonchev–Trinajstić information content (AvgIpc) is 2.78. The van der Waals surface area contributed by atoms with Crippen LogP contribution in [0.25, 0.3) is 0 Å². The Morgan fingerprint density at radius 3 is 2.75 bits per heavy atom. The molecule has 4 nitrogen and oxygen atoms in total. The lowest BCUT2D eigenvalue weighted by Crippen LogP contribution is -2.18. The van der Waals surface area contributed by atoms with Gasteiger partial charge in [0.25, 0.3) is 5.56 Å². The monoisotopic (exact) mass is 269 g/mol. The topological polar surface area (TPSA) is 60.1 Å². The predicted molar refractivity (Wildman–Crippen MR) is 80.7 cm³/mol. The van der Waals surface area contributed by atoms with Crippen molar-refractivity contribution in [3.63, 3.8) is 0 Å². The van der Waals surface area contributed by atoms with Crippen molar-refractivity contribution in [1.29, 1.82) is 0 Å². The summed E-state index contributed by atoms with van der Waals surface area (Å²) in [4.78, 5) is 11.6. The van der Waals surface area contributed by atoms with E-state index in [4.69, 9.17) is 5.73 Å². The summed E-state index contributed by atoms with van der Waals surface area (Å²) >= 11 is 0. The van der Waals surface area contributed by atoms with Crippen LogP contribution in [0.5, 0.6) is 0 Å². The van der Waals surface area contributed by atoms with Crippen molar-refractivity contribution in [2.45, 2.75) is 32.0 Å². The van der Waals surface area contributed by atoms with Gasteiger partial charge >= 0.3 is 0 Å². The fourth-order valence-corrected chi connectivity index (χ4v) is 2.88. The van der Waals surface area contributed by atoms with Gasteiger partial charge < -0.3 is 15.6 Å². The van der Waals surface area contributed by atoms with Crippen LogP contribution < -0.4 is 16.6 Å². The van der Waals surface area contributed by atoms with Gasteiger partial charge in [-0.1, -0.05) is 24.3 Å². The molecule has 20 heavy (non-hydrogen) atoms. The number of anilines is 1. The Bertz CT molecular complexity index is 677. The molecule has 1 aliphatic rings. The number of fused-ring (bicyclic) bond motifs is 1. The minimum absolute atomic E-state index is 0.0292. The average molecular weight is 269 g/mol. The minimum Gasteiger partial charge on any atom is -0.377 e. The summed E-state index contributed by atoms with van der Waals surface area (Å²) in [6, 6.07) is 12.0. The molecule has 0 fully saturated rings. The van der Waals surface area contributed by atoms with Crippen LogP contribution in [0.2, 0.25) is 0 Å². The highest BCUT2D eigenvalue weighted by molar-refractivity contribution is 5.47. The van der Waals surface area contributed by atoms with Crippen molar-refractivity contribution in [2.24, 2.45) is 5.73 Å². The second-order valence-electron chi connectivity index (χ2n) is 5.21. The van der Waals surface area contributed by atoms with E-state index in [2.05, 4.69) is 17.4 Å². The summed E-state index contributed by atoms with van der Waals surface area (Å²) in [6.07, 6.45) is 2.75. The third-order valence-electron chi connectivity index (χ3n) is 3.93. The second kappa shape index (κ2) is 5.13. The normalized spacial score (nSPS) is 20.7. The first-order valence-electron chi connectivity index (χ1n) is 7.00. The van der Waals surface area contributed by atoms with Crippen molar-refractivity contribution in [3.05, 3.63) is 64.1 Å². The standard InChI is InChI=1S/C16H19N3O/c1-2-19-10-11(7-8-16(19)20)18-15-9-14(17)12-5-3-4-6-13(12)15/h3-8,10,14-15,18H,2,9,17H2,1H3. The minimum atomic E-state index is 0.0292. The maximum absolute atomic E-state index is 11.6. The van der Waals surface area contributed by atoms with Gasteiger partial charge in [-0.3, -0.25) is 4.79 Å². The summed E-state index contributed by atoms with van der Waals surface area (Å²) in [5, 5.41) is 3.49. The molecular formula is C16H19N3O. The molecule has 2 atom stereocenters. The summed E-state index contributed by atoms with van der Waals surface area (Å²) in [7, 11) is 0. The molecule has 0 saturated heterocycles. The third kappa shape index (κ3) is 2.23. The first-order valence-corrected chi connectivity index (χ1v) is 7.00. The van der Waals surface area contributed by atoms with Crippen LogP contribution in [0.1, 0.15) is 36.6 Å². The van der Waals surface area contributed by atoms with Crippen molar-refractivity contribution < 1.29 is 0 Å². The van der Waals surface area contributed by atoms with Gasteiger partial charge in [0.2, 0.25) is 0 Å². The molecular weight excluding hydrogens is 250 g/mol. The van der Waals surface area contributed by atoms with E-state index in [1.165, 1.54) is 11.1 Å². The molecule has 4 heteroatoms. The number of benzene rings is 1.